The Labute approximate surface area is 86.5 Å². The number of carbonyl (C=O) groups excluding carboxylic acids is 1. The van der Waals surface area contributed by atoms with Gasteiger partial charge in [0, 0.05) is 0 Å². The molecule has 1 fully saturated rings. The Balaban J connectivity index is 2.41. The van der Waals surface area contributed by atoms with Gasteiger partial charge in [0.1, 0.15) is 0 Å². The maximum Gasteiger partial charge on any atom is 0.229 e. The molecule has 1 unspecified atom stereocenters. The van der Waals surface area contributed by atoms with Gasteiger partial charge < -0.3 is 21.5 Å². The number of anilines is 3. The lowest BCUT2D eigenvalue weighted by Crippen LogP contribution is -2.27. The van der Waals surface area contributed by atoms with E-state index in [4.69, 9.17) is 11.5 Å². The third kappa shape index (κ3) is 1.59. The van der Waals surface area contributed by atoms with E-state index in [1.54, 1.807) is 0 Å². The van der Waals surface area contributed by atoms with Crippen molar-refractivity contribution in [2.45, 2.75) is 12.5 Å². The molecular formula is C9H12N4O2. The molecule has 0 aromatic carbocycles. The Hall–Kier alpha value is -1.82. The van der Waals surface area contributed by atoms with Crippen molar-refractivity contribution in [3.05, 3.63) is 12.4 Å². The highest BCUT2D eigenvalue weighted by molar-refractivity contribution is 6.01. The van der Waals surface area contributed by atoms with E-state index in [0.717, 1.165) is 0 Å². The first-order valence-electron chi connectivity index (χ1n) is 4.57. The molecule has 0 bridgehead atoms. The van der Waals surface area contributed by atoms with Crippen molar-refractivity contribution in [1.29, 1.82) is 0 Å². The molecule has 1 aliphatic rings. The van der Waals surface area contributed by atoms with Crippen LogP contribution in [0.4, 0.5) is 17.1 Å². The molecule has 80 valence electrons. The van der Waals surface area contributed by atoms with Gasteiger partial charge in [0.15, 0.2) is 0 Å². The minimum absolute atomic E-state index is 0.112. The summed E-state index contributed by atoms with van der Waals surface area (Å²) in [5.74, 6) is -0.174. The molecular weight excluding hydrogens is 196 g/mol. The first-order chi connectivity index (χ1) is 7.09. The number of hydrogen-bond acceptors (Lipinski definition) is 5. The van der Waals surface area contributed by atoms with Crippen LogP contribution in [-0.2, 0) is 4.79 Å². The van der Waals surface area contributed by atoms with E-state index in [2.05, 4.69) is 4.98 Å². The highest BCUT2D eigenvalue weighted by Crippen LogP contribution is 2.32. The second-order valence-corrected chi connectivity index (χ2v) is 3.53. The van der Waals surface area contributed by atoms with Gasteiger partial charge in [-0.25, -0.2) is 0 Å². The van der Waals surface area contributed by atoms with Gasteiger partial charge in [-0.1, -0.05) is 0 Å². The van der Waals surface area contributed by atoms with Crippen molar-refractivity contribution < 1.29 is 9.90 Å². The number of nitrogens with two attached hydrogens (primary N) is 2. The largest absolute Gasteiger partial charge is 0.396 e. The van der Waals surface area contributed by atoms with E-state index in [1.165, 1.54) is 17.3 Å². The van der Waals surface area contributed by atoms with Crippen LogP contribution >= 0.6 is 0 Å². The fraction of sp³-hybridized carbons (Fsp3) is 0.333. The summed E-state index contributed by atoms with van der Waals surface area (Å²) < 4.78 is 0. The molecule has 1 atom stereocenters. The second kappa shape index (κ2) is 3.39. The molecule has 0 spiro atoms. The van der Waals surface area contributed by atoms with Crippen LogP contribution in [0.2, 0.25) is 0 Å². The summed E-state index contributed by atoms with van der Waals surface area (Å²) in [4.78, 5) is 16.7. The zero-order chi connectivity index (χ0) is 11.0. The van der Waals surface area contributed by atoms with Crippen molar-refractivity contribution >= 4 is 23.0 Å². The molecule has 0 saturated carbocycles. The van der Waals surface area contributed by atoms with Gasteiger partial charge >= 0.3 is 0 Å². The summed E-state index contributed by atoms with van der Waals surface area (Å²) in [6.45, 7) is 0.233. The average Bonchev–Trinajstić information content (AvgIpc) is 2.45. The Morgan fingerprint density at radius 2 is 2.00 bits per heavy atom. The van der Waals surface area contributed by atoms with Gasteiger partial charge in [-0.15, -0.1) is 0 Å². The molecule has 2 heterocycles. The molecule has 1 aliphatic heterocycles. The average molecular weight is 208 g/mol. The van der Waals surface area contributed by atoms with E-state index < -0.39 is 6.10 Å². The zero-order valence-electron chi connectivity index (χ0n) is 8.05. The third-order valence-electron chi connectivity index (χ3n) is 2.35. The predicted octanol–water partition coefficient (Wildman–Crippen LogP) is -0.656. The van der Waals surface area contributed by atoms with Crippen LogP contribution in [0.1, 0.15) is 6.42 Å². The van der Waals surface area contributed by atoms with Crippen LogP contribution in [0.5, 0.6) is 0 Å². The summed E-state index contributed by atoms with van der Waals surface area (Å²) in [5.41, 5.74) is 12.5. The van der Waals surface area contributed by atoms with E-state index in [-0.39, 0.29) is 18.9 Å². The number of hydrogen-bond donors (Lipinski definition) is 3. The fourth-order valence-electron chi connectivity index (χ4n) is 1.70. The number of nitrogen functional groups attached to an aromatic ring is 2. The number of amides is 1. The number of rotatable bonds is 1. The van der Waals surface area contributed by atoms with Gasteiger partial charge in [-0.05, 0) is 0 Å². The van der Waals surface area contributed by atoms with Crippen LogP contribution < -0.4 is 16.4 Å². The van der Waals surface area contributed by atoms with Crippen LogP contribution in [0.25, 0.3) is 0 Å². The lowest BCUT2D eigenvalue weighted by atomic mass is 10.3. The number of nitrogens with zero attached hydrogens (tertiary/aromatic N) is 2. The number of aliphatic hydroxyl groups excluding tert-OH is 1. The minimum atomic E-state index is -0.649. The van der Waals surface area contributed by atoms with E-state index in [9.17, 15) is 9.90 Å². The van der Waals surface area contributed by atoms with Crippen LogP contribution in [0, 0.1) is 0 Å². The molecule has 2 rings (SSSR count). The lowest BCUT2D eigenvalue weighted by Gasteiger charge is -2.19. The smallest absolute Gasteiger partial charge is 0.229 e. The van der Waals surface area contributed by atoms with Crippen LogP contribution in [-0.4, -0.2) is 28.6 Å². The highest BCUT2D eigenvalue weighted by atomic mass is 16.3. The van der Waals surface area contributed by atoms with Crippen LogP contribution in [0.15, 0.2) is 12.4 Å². The Morgan fingerprint density at radius 1 is 1.40 bits per heavy atom. The summed E-state index contributed by atoms with van der Waals surface area (Å²) in [6, 6.07) is 0. The van der Waals surface area contributed by atoms with Gasteiger partial charge in [-0.2, -0.15) is 0 Å². The number of aliphatic hydroxyl groups is 1. The van der Waals surface area contributed by atoms with Gasteiger partial charge in [0.2, 0.25) is 5.91 Å². The third-order valence-corrected chi connectivity index (χ3v) is 2.35. The Bertz CT molecular complexity index is 387. The summed E-state index contributed by atoms with van der Waals surface area (Å²) >= 11 is 0. The van der Waals surface area contributed by atoms with Crippen molar-refractivity contribution in [1.82, 2.24) is 4.98 Å². The molecule has 5 N–H and O–H groups in total. The summed E-state index contributed by atoms with van der Waals surface area (Å²) in [6.07, 6.45) is 2.33. The van der Waals surface area contributed by atoms with E-state index in [1.807, 2.05) is 0 Å². The molecule has 1 saturated heterocycles. The lowest BCUT2D eigenvalue weighted by molar-refractivity contribution is -0.117. The van der Waals surface area contributed by atoms with Crippen molar-refractivity contribution in [2.24, 2.45) is 0 Å². The van der Waals surface area contributed by atoms with Crippen molar-refractivity contribution in [3.63, 3.8) is 0 Å². The number of carbonyl (C=O) groups is 1. The van der Waals surface area contributed by atoms with E-state index >= 15 is 0 Å². The van der Waals surface area contributed by atoms with Gasteiger partial charge in [0.05, 0.1) is 48.5 Å². The molecule has 6 nitrogen and oxygen atoms in total. The maximum absolute atomic E-state index is 11.5. The Morgan fingerprint density at radius 3 is 2.47 bits per heavy atom. The SMILES string of the molecule is Nc1cncc(N)c1N1CC(O)CC1=O. The molecule has 15 heavy (non-hydrogen) atoms. The fourth-order valence-corrected chi connectivity index (χ4v) is 1.70. The standard InChI is InChI=1S/C9H12N4O2/c10-6-2-12-3-7(11)9(6)13-4-5(14)1-8(13)15/h2-3,5,14H,1,4,10-11H2. The summed E-state index contributed by atoms with van der Waals surface area (Å²) in [7, 11) is 0. The molecule has 0 radical (unpaired) electrons. The molecule has 1 aromatic rings. The van der Waals surface area contributed by atoms with Crippen LogP contribution in [0.3, 0.4) is 0 Å². The highest BCUT2D eigenvalue weighted by Gasteiger charge is 2.31. The van der Waals surface area contributed by atoms with E-state index in [0.29, 0.717) is 17.1 Å². The zero-order valence-corrected chi connectivity index (χ0v) is 8.05. The predicted molar refractivity (Wildman–Crippen MR) is 56.0 cm³/mol. The van der Waals surface area contributed by atoms with Gasteiger partial charge in [-0.3, -0.25) is 9.78 Å². The topological polar surface area (TPSA) is 105 Å². The number of pyridine rings is 1. The first-order valence-corrected chi connectivity index (χ1v) is 4.57. The van der Waals surface area contributed by atoms with Crippen molar-refractivity contribution in [2.75, 3.05) is 22.9 Å². The monoisotopic (exact) mass is 208 g/mol. The van der Waals surface area contributed by atoms with Crippen molar-refractivity contribution in [3.8, 4) is 0 Å². The quantitative estimate of drug-likeness (QED) is 0.568. The Kier molecular flexibility index (Phi) is 2.20. The number of aromatic nitrogens is 1. The summed E-state index contributed by atoms with van der Waals surface area (Å²) in [5, 5.41) is 9.35. The van der Waals surface area contributed by atoms with Gasteiger partial charge in [0.25, 0.3) is 0 Å². The first kappa shape index (κ1) is 9.72. The maximum atomic E-state index is 11.5. The molecule has 1 aromatic heterocycles. The molecule has 1 amide bonds. The number of β-amino-alcohol motifs (C(OH)–C–C–N with tert-alkyl or cyclic N) is 1. The normalized spacial score (nSPS) is 21.0. The molecule has 0 aliphatic carbocycles. The molecule has 6 heteroatoms. The second-order valence-electron chi connectivity index (χ2n) is 3.53. The minimum Gasteiger partial charge on any atom is -0.396 e.